The van der Waals surface area contributed by atoms with Gasteiger partial charge in [-0.2, -0.15) is 4.98 Å². The first-order valence-electron chi connectivity index (χ1n) is 7.13. The molecule has 3 heterocycles. The number of nitrogens with one attached hydrogen (secondary N) is 1. The zero-order valence-electron chi connectivity index (χ0n) is 12.2. The molecule has 0 saturated carbocycles. The third-order valence-corrected chi connectivity index (χ3v) is 4.52. The monoisotopic (exact) mass is 326 g/mol. The van der Waals surface area contributed by atoms with Gasteiger partial charge >= 0.3 is 0 Å². The molecule has 1 aromatic carbocycles. The fourth-order valence-corrected chi connectivity index (χ4v) is 3.35. The maximum absolute atomic E-state index is 12.3. The molecular weight excluding hydrogens is 312 g/mol. The van der Waals surface area contributed by atoms with Crippen LogP contribution in [0.25, 0.3) is 16.7 Å². The minimum absolute atomic E-state index is 0.0849. The van der Waals surface area contributed by atoms with E-state index in [0.29, 0.717) is 11.8 Å². The van der Waals surface area contributed by atoms with Crippen LogP contribution in [0.5, 0.6) is 6.01 Å². The Morgan fingerprint density at radius 2 is 2.09 bits per heavy atom. The van der Waals surface area contributed by atoms with E-state index in [-0.39, 0.29) is 5.94 Å². The summed E-state index contributed by atoms with van der Waals surface area (Å²) in [6, 6.07) is 11.9. The van der Waals surface area contributed by atoms with Gasteiger partial charge in [-0.05, 0) is 18.2 Å². The second kappa shape index (κ2) is 5.85. The molecule has 0 aliphatic heterocycles. The molecule has 23 heavy (non-hydrogen) atoms. The lowest BCUT2D eigenvalue weighted by molar-refractivity contribution is 0.359. The van der Waals surface area contributed by atoms with Gasteiger partial charge in [-0.3, -0.25) is 4.21 Å². The van der Waals surface area contributed by atoms with E-state index in [4.69, 9.17) is 4.74 Å². The SMILES string of the molecule is O=S(COc1nc2ccccc2[nH]1)Cc1cccn2ccnc12. The van der Waals surface area contributed by atoms with Gasteiger partial charge in [-0.15, -0.1) is 0 Å². The van der Waals surface area contributed by atoms with Gasteiger partial charge < -0.3 is 14.1 Å². The van der Waals surface area contributed by atoms with E-state index in [9.17, 15) is 4.21 Å². The van der Waals surface area contributed by atoms with Crippen molar-refractivity contribution in [1.82, 2.24) is 19.4 Å². The zero-order valence-corrected chi connectivity index (χ0v) is 13.0. The minimum Gasteiger partial charge on any atom is -0.451 e. The standard InChI is InChI=1S/C16H14N4O2S/c21-23(10-12-4-3-8-20-9-7-17-15(12)20)11-22-16-18-13-5-1-2-6-14(13)19-16/h1-9H,10-11H2,(H,18,19). The lowest BCUT2D eigenvalue weighted by atomic mass is 10.3. The van der Waals surface area contributed by atoms with Crippen LogP contribution in [0.4, 0.5) is 0 Å². The highest BCUT2D eigenvalue weighted by atomic mass is 32.2. The number of benzene rings is 1. The molecule has 1 unspecified atom stereocenters. The molecule has 1 N–H and O–H groups in total. The Morgan fingerprint density at radius 3 is 3.00 bits per heavy atom. The number of para-hydroxylation sites is 2. The molecule has 116 valence electrons. The molecule has 0 radical (unpaired) electrons. The van der Waals surface area contributed by atoms with Gasteiger partial charge in [-0.25, -0.2) is 4.98 Å². The first-order chi connectivity index (χ1) is 11.3. The van der Waals surface area contributed by atoms with Crippen LogP contribution in [0.3, 0.4) is 0 Å². The molecule has 1 atom stereocenters. The van der Waals surface area contributed by atoms with Crippen LogP contribution < -0.4 is 4.74 Å². The van der Waals surface area contributed by atoms with Crippen molar-refractivity contribution in [3.05, 3.63) is 60.6 Å². The number of imidazole rings is 2. The van der Waals surface area contributed by atoms with Gasteiger partial charge in [0, 0.05) is 24.2 Å². The van der Waals surface area contributed by atoms with Gasteiger partial charge in [0.05, 0.1) is 27.6 Å². The third-order valence-electron chi connectivity index (χ3n) is 3.51. The van der Waals surface area contributed by atoms with E-state index in [1.165, 1.54) is 0 Å². The molecule has 0 bridgehead atoms. The van der Waals surface area contributed by atoms with Crippen molar-refractivity contribution in [1.29, 1.82) is 0 Å². The van der Waals surface area contributed by atoms with E-state index in [0.717, 1.165) is 22.2 Å². The highest BCUT2D eigenvalue weighted by Crippen LogP contribution is 2.16. The van der Waals surface area contributed by atoms with Gasteiger partial charge in [-0.1, -0.05) is 18.2 Å². The molecule has 4 rings (SSSR count). The maximum atomic E-state index is 12.3. The molecule has 0 aliphatic rings. The molecule has 4 aromatic rings. The molecule has 7 heteroatoms. The molecule has 0 saturated heterocycles. The normalized spacial score (nSPS) is 12.7. The predicted molar refractivity (Wildman–Crippen MR) is 88.6 cm³/mol. The van der Waals surface area contributed by atoms with E-state index in [1.807, 2.05) is 53.2 Å². The summed E-state index contributed by atoms with van der Waals surface area (Å²) in [5.41, 5.74) is 3.49. The van der Waals surface area contributed by atoms with Crippen LogP contribution in [-0.2, 0) is 16.6 Å². The summed E-state index contributed by atoms with van der Waals surface area (Å²) in [6.45, 7) is 0. The highest BCUT2D eigenvalue weighted by molar-refractivity contribution is 7.84. The Labute approximate surface area is 134 Å². The summed E-state index contributed by atoms with van der Waals surface area (Å²) in [5.74, 6) is 0.475. The number of rotatable bonds is 5. The van der Waals surface area contributed by atoms with Crippen LogP contribution >= 0.6 is 0 Å². The summed E-state index contributed by atoms with van der Waals surface area (Å²) in [7, 11) is -1.17. The summed E-state index contributed by atoms with van der Waals surface area (Å²) in [5, 5.41) is 0. The van der Waals surface area contributed by atoms with E-state index < -0.39 is 10.8 Å². The minimum atomic E-state index is -1.17. The van der Waals surface area contributed by atoms with Crippen molar-refractivity contribution in [2.45, 2.75) is 5.75 Å². The smallest absolute Gasteiger partial charge is 0.295 e. The van der Waals surface area contributed by atoms with Crippen molar-refractivity contribution >= 4 is 27.5 Å². The second-order valence-electron chi connectivity index (χ2n) is 5.10. The van der Waals surface area contributed by atoms with Gasteiger partial charge in [0.1, 0.15) is 5.65 Å². The van der Waals surface area contributed by atoms with Crippen LogP contribution in [0.1, 0.15) is 5.56 Å². The van der Waals surface area contributed by atoms with Gasteiger partial charge in [0.2, 0.25) is 0 Å². The summed E-state index contributed by atoms with van der Waals surface area (Å²) in [4.78, 5) is 11.6. The number of fused-ring (bicyclic) bond motifs is 2. The van der Waals surface area contributed by atoms with Crippen LogP contribution in [0, 0.1) is 0 Å². The molecular formula is C16H14N4O2S. The van der Waals surface area contributed by atoms with Crippen molar-refractivity contribution in [2.24, 2.45) is 0 Å². The molecule has 6 nitrogen and oxygen atoms in total. The Balaban J connectivity index is 1.45. The average molecular weight is 326 g/mol. The fraction of sp³-hybridized carbons (Fsp3) is 0.125. The molecule has 0 amide bonds. The number of hydrogen-bond donors (Lipinski definition) is 1. The number of aromatic nitrogens is 4. The Hall–Kier alpha value is -2.67. The molecule has 0 aliphatic carbocycles. The van der Waals surface area contributed by atoms with Crippen molar-refractivity contribution in [3.8, 4) is 6.01 Å². The predicted octanol–water partition coefficient (Wildman–Crippen LogP) is 2.50. The summed E-state index contributed by atoms with van der Waals surface area (Å²) in [6.07, 6.45) is 5.51. The third kappa shape index (κ3) is 2.83. The van der Waals surface area contributed by atoms with E-state index in [2.05, 4.69) is 15.0 Å². The highest BCUT2D eigenvalue weighted by Gasteiger charge is 2.09. The molecule has 0 spiro atoms. The van der Waals surface area contributed by atoms with Crippen LogP contribution in [-0.4, -0.2) is 29.5 Å². The van der Waals surface area contributed by atoms with Crippen molar-refractivity contribution < 1.29 is 8.95 Å². The van der Waals surface area contributed by atoms with E-state index >= 15 is 0 Å². The van der Waals surface area contributed by atoms with Crippen LogP contribution in [0.2, 0.25) is 0 Å². The van der Waals surface area contributed by atoms with E-state index in [1.54, 1.807) is 6.20 Å². The first-order valence-corrected chi connectivity index (χ1v) is 8.61. The Bertz CT molecular complexity index is 959. The summed E-state index contributed by atoms with van der Waals surface area (Å²) < 4.78 is 19.7. The number of ether oxygens (including phenoxy) is 1. The maximum Gasteiger partial charge on any atom is 0.295 e. The number of aromatic amines is 1. The lowest BCUT2D eigenvalue weighted by Gasteiger charge is -2.05. The molecule has 3 aromatic heterocycles. The van der Waals surface area contributed by atoms with Gasteiger partial charge in [0.15, 0.2) is 5.94 Å². The Morgan fingerprint density at radius 1 is 1.17 bits per heavy atom. The quantitative estimate of drug-likeness (QED) is 0.611. The van der Waals surface area contributed by atoms with Crippen molar-refractivity contribution in [3.63, 3.8) is 0 Å². The topological polar surface area (TPSA) is 72.3 Å². The van der Waals surface area contributed by atoms with Gasteiger partial charge in [0.25, 0.3) is 6.01 Å². The fourth-order valence-electron chi connectivity index (χ4n) is 2.46. The second-order valence-corrected chi connectivity index (χ2v) is 6.50. The lowest BCUT2D eigenvalue weighted by Crippen LogP contribution is -2.09. The average Bonchev–Trinajstić information content (AvgIpc) is 3.19. The van der Waals surface area contributed by atoms with Crippen molar-refractivity contribution in [2.75, 3.05) is 5.94 Å². The molecule has 0 fully saturated rings. The summed E-state index contributed by atoms with van der Waals surface area (Å²) >= 11 is 0. The number of pyridine rings is 1. The zero-order chi connectivity index (χ0) is 15.6. The first kappa shape index (κ1) is 14.0. The largest absolute Gasteiger partial charge is 0.451 e. The Kier molecular flexibility index (Phi) is 3.55. The number of H-pyrrole nitrogens is 1. The van der Waals surface area contributed by atoms with Crippen LogP contribution in [0.15, 0.2) is 55.0 Å². The number of nitrogens with zero attached hydrogens (tertiary/aromatic N) is 3. The number of hydrogen-bond acceptors (Lipinski definition) is 4.